The lowest BCUT2D eigenvalue weighted by Gasteiger charge is -2.26. The summed E-state index contributed by atoms with van der Waals surface area (Å²) in [6.07, 6.45) is 6.16. The van der Waals surface area contributed by atoms with Gasteiger partial charge in [-0.1, -0.05) is 0 Å². The largest absolute Gasteiger partial charge is 0.493 e. The molecule has 0 aliphatic carbocycles. The number of fused-ring (bicyclic) bond motifs is 1. The van der Waals surface area contributed by atoms with Gasteiger partial charge in [-0.25, -0.2) is 15.0 Å². The summed E-state index contributed by atoms with van der Waals surface area (Å²) >= 11 is 0. The molecule has 1 aliphatic heterocycles. The highest BCUT2D eigenvalue weighted by molar-refractivity contribution is 5.62. The van der Waals surface area contributed by atoms with Crippen LogP contribution in [0.1, 0.15) is 6.42 Å². The van der Waals surface area contributed by atoms with E-state index in [1.807, 2.05) is 22.7 Å². The van der Waals surface area contributed by atoms with E-state index < -0.39 is 0 Å². The Morgan fingerprint density at radius 2 is 2.04 bits per heavy atom. The topological polar surface area (TPSA) is 90.8 Å². The summed E-state index contributed by atoms with van der Waals surface area (Å²) in [6.45, 7) is 5.40. The molecule has 26 heavy (non-hydrogen) atoms. The Morgan fingerprint density at radius 1 is 1.15 bits per heavy atom. The zero-order valence-electron chi connectivity index (χ0n) is 14.5. The van der Waals surface area contributed by atoms with E-state index in [1.165, 1.54) is 6.33 Å². The second-order valence-corrected chi connectivity index (χ2v) is 6.22. The Balaban J connectivity index is 1.39. The van der Waals surface area contributed by atoms with Gasteiger partial charge in [0.1, 0.15) is 23.5 Å². The fourth-order valence-corrected chi connectivity index (χ4v) is 3.06. The molecule has 1 fully saturated rings. The molecule has 3 aromatic heterocycles. The summed E-state index contributed by atoms with van der Waals surface area (Å²) in [7, 11) is 0. The predicted molar refractivity (Wildman–Crippen MR) is 98.0 cm³/mol. The smallest absolute Gasteiger partial charge is 0.140 e. The molecular formula is C18H22N6O2. The summed E-state index contributed by atoms with van der Waals surface area (Å²) in [6, 6.07) is 5.61. The van der Waals surface area contributed by atoms with Crippen molar-refractivity contribution in [3.05, 3.63) is 36.9 Å². The van der Waals surface area contributed by atoms with Crippen LogP contribution in [0.25, 0.3) is 17.0 Å². The van der Waals surface area contributed by atoms with Crippen molar-refractivity contribution in [3.63, 3.8) is 0 Å². The lowest BCUT2D eigenvalue weighted by Crippen LogP contribution is -2.37. The second kappa shape index (κ2) is 7.67. The first kappa shape index (κ1) is 16.7. The van der Waals surface area contributed by atoms with Crippen molar-refractivity contribution in [1.82, 2.24) is 24.3 Å². The predicted octanol–water partition coefficient (Wildman–Crippen LogP) is 1.47. The van der Waals surface area contributed by atoms with E-state index >= 15 is 0 Å². The SMILES string of the molecule is Nc1cc(-c2cnc3cc(OCCCN4CCOCC4)ccn23)ncn1. The molecule has 0 aromatic carbocycles. The van der Waals surface area contributed by atoms with Crippen molar-refractivity contribution in [3.8, 4) is 17.1 Å². The minimum Gasteiger partial charge on any atom is -0.493 e. The number of ether oxygens (including phenoxy) is 2. The molecule has 0 saturated carbocycles. The van der Waals surface area contributed by atoms with Crippen LogP contribution in [-0.2, 0) is 4.74 Å². The van der Waals surface area contributed by atoms with Gasteiger partial charge < -0.3 is 15.2 Å². The van der Waals surface area contributed by atoms with Crippen LogP contribution in [0.3, 0.4) is 0 Å². The number of nitrogens with zero attached hydrogens (tertiary/aromatic N) is 5. The molecule has 4 heterocycles. The first-order valence-electron chi connectivity index (χ1n) is 8.77. The number of pyridine rings is 1. The second-order valence-electron chi connectivity index (χ2n) is 6.22. The Hall–Kier alpha value is -2.71. The fraction of sp³-hybridized carbons (Fsp3) is 0.389. The first-order chi connectivity index (χ1) is 12.8. The highest BCUT2D eigenvalue weighted by Gasteiger charge is 2.10. The Morgan fingerprint density at radius 3 is 2.88 bits per heavy atom. The monoisotopic (exact) mass is 354 g/mol. The van der Waals surface area contributed by atoms with Crippen LogP contribution in [0, 0.1) is 0 Å². The van der Waals surface area contributed by atoms with E-state index in [2.05, 4.69) is 19.9 Å². The molecule has 8 heteroatoms. The molecule has 8 nitrogen and oxygen atoms in total. The van der Waals surface area contributed by atoms with Crippen LogP contribution < -0.4 is 10.5 Å². The van der Waals surface area contributed by atoms with E-state index in [0.29, 0.717) is 12.4 Å². The maximum Gasteiger partial charge on any atom is 0.140 e. The number of nitrogens with two attached hydrogens (primary N) is 1. The third kappa shape index (κ3) is 3.76. The summed E-state index contributed by atoms with van der Waals surface area (Å²) in [5.74, 6) is 1.25. The van der Waals surface area contributed by atoms with Gasteiger partial charge in [-0.3, -0.25) is 9.30 Å². The quantitative estimate of drug-likeness (QED) is 0.670. The minimum atomic E-state index is 0.435. The van der Waals surface area contributed by atoms with Crippen LogP contribution in [0.5, 0.6) is 5.75 Å². The molecule has 0 unspecified atom stereocenters. The van der Waals surface area contributed by atoms with Gasteiger partial charge in [0.2, 0.25) is 0 Å². The third-order valence-electron chi connectivity index (χ3n) is 4.43. The van der Waals surface area contributed by atoms with Crippen molar-refractivity contribution < 1.29 is 9.47 Å². The standard InChI is InChI=1S/C18H22N6O2/c19-17-11-15(21-13-22-17)16-12-20-18-10-14(2-4-24(16)18)26-7-1-3-23-5-8-25-9-6-23/h2,4,10-13H,1,3,5-9H2,(H2,19,21,22). The van der Waals surface area contributed by atoms with Crippen molar-refractivity contribution in [2.24, 2.45) is 0 Å². The highest BCUT2D eigenvalue weighted by Crippen LogP contribution is 2.22. The molecule has 2 N–H and O–H groups in total. The van der Waals surface area contributed by atoms with E-state index in [1.54, 1.807) is 12.3 Å². The lowest BCUT2D eigenvalue weighted by atomic mass is 10.3. The zero-order chi connectivity index (χ0) is 17.8. The van der Waals surface area contributed by atoms with Gasteiger partial charge in [0.15, 0.2) is 0 Å². The summed E-state index contributed by atoms with van der Waals surface area (Å²) < 4.78 is 13.2. The Kier molecular flexibility index (Phi) is 4.94. The Labute approximate surface area is 151 Å². The molecule has 0 radical (unpaired) electrons. The van der Waals surface area contributed by atoms with Gasteiger partial charge >= 0.3 is 0 Å². The maximum absolute atomic E-state index is 5.88. The Bertz CT molecular complexity index is 875. The molecule has 0 atom stereocenters. The van der Waals surface area contributed by atoms with E-state index in [9.17, 15) is 0 Å². The van der Waals surface area contributed by atoms with Gasteiger partial charge in [0.25, 0.3) is 0 Å². The average molecular weight is 354 g/mol. The lowest BCUT2D eigenvalue weighted by molar-refractivity contribution is 0.0358. The summed E-state index contributed by atoms with van der Waals surface area (Å²) in [5, 5.41) is 0. The number of anilines is 1. The molecule has 0 amide bonds. The van der Waals surface area contributed by atoms with Gasteiger partial charge in [-0.2, -0.15) is 0 Å². The molecule has 4 rings (SSSR count). The van der Waals surface area contributed by atoms with Crippen LogP contribution in [-0.4, -0.2) is 63.7 Å². The number of aromatic nitrogens is 4. The normalized spacial score (nSPS) is 15.4. The van der Waals surface area contributed by atoms with Crippen LogP contribution in [0.15, 0.2) is 36.9 Å². The van der Waals surface area contributed by atoms with E-state index in [4.69, 9.17) is 15.2 Å². The molecule has 1 saturated heterocycles. The average Bonchev–Trinajstić information content (AvgIpc) is 3.09. The molecular weight excluding hydrogens is 332 g/mol. The molecule has 0 spiro atoms. The third-order valence-corrected chi connectivity index (χ3v) is 4.43. The van der Waals surface area contributed by atoms with Crippen molar-refractivity contribution in [1.29, 1.82) is 0 Å². The van der Waals surface area contributed by atoms with Gasteiger partial charge in [0, 0.05) is 38.0 Å². The molecule has 1 aliphatic rings. The highest BCUT2D eigenvalue weighted by atomic mass is 16.5. The molecule has 0 bridgehead atoms. The summed E-state index contributed by atoms with van der Waals surface area (Å²) in [4.78, 5) is 15.0. The minimum absolute atomic E-state index is 0.435. The van der Waals surface area contributed by atoms with Crippen LogP contribution in [0.4, 0.5) is 5.82 Å². The van der Waals surface area contributed by atoms with Crippen molar-refractivity contribution in [2.75, 3.05) is 45.2 Å². The fourth-order valence-electron chi connectivity index (χ4n) is 3.06. The first-order valence-corrected chi connectivity index (χ1v) is 8.77. The molecule has 3 aromatic rings. The molecule has 136 valence electrons. The summed E-state index contributed by atoms with van der Waals surface area (Å²) in [5.41, 5.74) is 8.16. The van der Waals surface area contributed by atoms with Crippen molar-refractivity contribution >= 4 is 11.5 Å². The number of nitrogen functional groups attached to an aromatic ring is 1. The van der Waals surface area contributed by atoms with E-state index in [-0.39, 0.29) is 0 Å². The number of hydrogen-bond donors (Lipinski definition) is 1. The zero-order valence-corrected chi connectivity index (χ0v) is 14.5. The number of rotatable bonds is 6. The van der Waals surface area contributed by atoms with Gasteiger partial charge in [-0.15, -0.1) is 0 Å². The van der Waals surface area contributed by atoms with Gasteiger partial charge in [0.05, 0.1) is 37.4 Å². The van der Waals surface area contributed by atoms with E-state index in [0.717, 1.165) is 62.1 Å². The van der Waals surface area contributed by atoms with Crippen LogP contribution >= 0.6 is 0 Å². The number of morpholine rings is 1. The number of imidazole rings is 1. The van der Waals surface area contributed by atoms with Crippen molar-refractivity contribution in [2.45, 2.75) is 6.42 Å². The van der Waals surface area contributed by atoms with Gasteiger partial charge in [-0.05, 0) is 12.5 Å². The maximum atomic E-state index is 5.88. The number of hydrogen-bond acceptors (Lipinski definition) is 7. The van der Waals surface area contributed by atoms with Crippen LogP contribution in [0.2, 0.25) is 0 Å².